The van der Waals surface area contributed by atoms with Gasteiger partial charge in [0.15, 0.2) is 0 Å². The van der Waals surface area contributed by atoms with Crippen LogP contribution in [0.3, 0.4) is 0 Å². The van der Waals surface area contributed by atoms with Crippen LogP contribution in [0.5, 0.6) is 0 Å². The van der Waals surface area contributed by atoms with Crippen LogP contribution in [0.2, 0.25) is 0 Å². The molecule has 0 unspecified atom stereocenters. The molecule has 4 saturated carbocycles. The smallest absolute Gasteiger partial charge is 0.0241 e. The van der Waals surface area contributed by atoms with Crippen molar-refractivity contribution in [1.29, 1.82) is 0 Å². The Labute approximate surface area is 202 Å². The van der Waals surface area contributed by atoms with Crippen LogP contribution in [0.1, 0.15) is 144 Å². The van der Waals surface area contributed by atoms with Gasteiger partial charge in [0.25, 0.3) is 0 Å². The number of hydrogen-bond acceptors (Lipinski definition) is 0. The molecule has 0 saturated heterocycles. The van der Waals surface area contributed by atoms with Crippen molar-refractivity contribution in [2.75, 3.05) is 0 Å². The molecule has 0 aromatic carbocycles. The molecule has 186 valence electrons. The van der Waals surface area contributed by atoms with Gasteiger partial charge in [-0.25, -0.2) is 0 Å². The largest absolute Gasteiger partial charge is 0.0625 e. The Hall–Kier alpha value is 0. The van der Waals surface area contributed by atoms with E-state index in [2.05, 4.69) is 41.5 Å². The fraction of sp³-hybridized carbons (Fsp3) is 1.00. The third-order valence-corrected chi connectivity index (χ3v) is 12.5. The maximum absolute atomic E-state index is 2.83. The Bertz CT molecular complexity index is 533. The minimum atomic E-state index is 0.571. The molecular formula is C32H58. The summed E-state index contributed by atoms with van der Waals surface area (Å²) in [6.07, 6.45) is 24.3. The highest BCUT2D eigenvalue weighted by Crippen LogP contribution is 2.59. The molecule has 4 fully saturated rings. The molecule has 0 nitrogen and oxygen atoms in total. The van der Waals surface area contributed by atoms with Crippen molar-refractivity contribution in [3.8, 4) is 0 Å². The van der Waals surface area contributed by atoms with Crippen LogP contribution in [-0.4, -0.2) is 0 Å². The summed E-state index contributed by atoms with van der Waals surface area (Å²) in [5.74, 6) is 7.98. The average molecular weight is 443 g/mol. The van der Waals surface area contributed by atoms with Crippen LogP contribution in [0.25, 0.3) is 0 Å². The quantitative estimate of drug-likeness (QED) is 0.397. The molecule has 4 aliphatic carbocycles. The molecule has 32 heavy (non-hydrogen) atoms. The molecule has 4 aliphatic rings. The van der Waals surface area contributed by atoms with E-state index in [0.717, 1.165) is 47.3 Å². The molecule has 0 heterocycles. The molecule has 4 rings (SSSR count). The first-order valence-electron chi connectivity index (χ1n) is 15.2. The summed E-state index contributed by atoms with van der Waals surface area (Å²) in [4.78, 5) is 0. The maximum Gasteiger partial charge on any atom is -0.0241 e. The van der Waals surface area contributed by atoms with E-state index in [9.17, 15) is 0 Å². The fourth-order valence-corrected chi connectivity index (χ4v) is 9.56. The minimum absolute atomic E-state index is 0.571. The van der Waals surface area contributed by atoms with Gasteiger partial charge in [-0.15, -0.1) is 0 Å². The first-order chi connectivity index (χ1) is 15.2. The normalized spacial score (nSPS) is 44.1. The van der Waals surface area contributed by atoms with Gasteiger partial charge < -0.3 is 0 Å². The third kappa shape index (κ3) is 5.15. The van der Waals surface area contributed by atoms with Gasteiger partial charge in [-0.2, -0.15) is 0 Å². The monoisotopic (exact) mass is 442 g/mol. The Kier molecular flexibility index (Phi) is 8.09. The highest BCUT2D eigenvalue weighted by molar-refractivity contribution is 5.00. The lowest BCUT2D eigenvalue weighted by Crippen LogP contribution is -2.47. The maximum atomic E-state index is 2.83. The van der Waals surface area contributed by atoms with E-state index >= 15 is 0 Å². The first-order valence-corrected chi connectivity index (χ1v) is 15.2. The SMILES string of the molecule is CC1CCC(C(C)(C)C2CCC(C(C)(C3CCC(C)CC3)C3CCC(C)CC3)CC2)CC1. The van der Waals surface area contributed by atoms with Gasteiger partial charge in [0.1, 0.15) is 0 Å². The summed E-state index contributed by atoms with van der Waals surface area (Å²) < 4.78 is 0. The summed E-state index contributed by atoms with van der Waals surface area (Å²) in [5.41, 5.74) is 1.21. The lowest BCUT2D eigenvalue weighted by molar-refractivity contribution is -0.0585. The second-order valence-corrected chi connectivity index (χ2v) is 14.6. The second-order valence-electron chi connectivity index (χ2n) is 14.6. The van der Waals surface area contributed by atoms with Gasteiger partial charge in [0.2, 0.25) is 0 Å². The van der Waals surface area contributed by atoms with Gasteiger partial charge in [0, 0.05) is 0 Å². The molecule has 0 amide bonds. The van der Waals surface area contributed by atoms with E-state index in [1.165, 1.54) is 89.9 Å². The van der Waals surface area contributed by atoms with Crippen LogP contribution in [0, 0.1) is 58.2 Å². The van der Waals surface area contributed by atoms with Crippen molar-refractivity contribution >= 4 is 0 Å². The molecule has 0 atom stereocenters. The van der Waals surface area contributed by atoms with Crippen molar-refractivity contribution in [3.05, 3.63) is 0 Å². The molecule has 0 radical (unpaired) electrons. The zero-order valence-corrected chi connectivity index (χ0v) is 22.9. The van der Waals surface area contributed by atoms with Crippen LogP contribution >= 0.6 is 0 Å². The average Bonchev–Trinajstić information content (AvgIpc) is 2.80. The predicted molar refractivity (Wildman–Crippen MR) is 141 cm³/mol. The fourth-order valence-electron chi connectivity index (χ4n) is 9.56. The Balaban J connectivity index is 1.44. The van der Waals surface area contributed by atoms with Gasteiger partial charge in [0.05, 0.1) is 0 Å². The zero-order chi connectivity index (χ0) is 22.9. The number of rotatable bonds is 5. The summed E-state index contributed by atoms with van der Waals surface area (Å²) in [5, 5.41) is 0. The van der Waals surface area contributed by atoms with Crippen molar-refractivity contribution in [2.45, 2.75) is 144 Å². The van der Waals surface area contributed by atoms with Gasteiger partial charge in [-0.1, -0.05) is 80.1 Å². The summed E-state index contributed by atoms with van der Waals surface area (Å²) in [6, 6.07) is 0. The van der Waals surface area contributed by atoms with E-state index in [1.54, 1.807) is 12.8 Å². The zero-order valence-electron chi connectivity index (χ0n) is 22.9. The summed E-state index contributed by atoms with van der Waals surface area (Å²) >= 11 is 0. The molecule has 0 aromatic heterocycles. The Morgan fingerprint density at radius 1 is 0.344 bits per heavy atom. The number of hydrogen-bond donors (Lipinski definition) is 0. The van der Waals surface area contributed by atoms with E-state index in [0.29, 0.717) is 10.8 Å². The van der Waals surface area contributed by atoms with Crippen molar-refractivity contribution in [1.82, 2.24) is 0 Å². The third-order valence-electron chi connectivity index (χ3n) is 12.5. The second kappa shape index (κ2) is 10.3. The van der Waals surface area contributed by atoms with Gasteiger partial charge in [-0.05, 0) is 122 Å². The summed E-state index contributed by atoms with van der Waals surface area (Å²) in [7, 11) is 0. The van der Waals surface area contributed by atoms with Crippen molar-refractivity contribution in [3.63, 3.8) is 0 Å². The Morgan fingerprint density at radius 3 is 0.875 bits per heavy atom. The Morgan fingerprint density at radius 2 is 0.562 bits per heavy atom. The molecule has 0 aromatic rings. The standard InChI is InChI=1S/C32H58/c1-23-7-13-26(14-8-23)31(4,5)27-19-21-30(22-20-27)32(6,28-15-9-24(2)10-16-28)29-17-11-25(3)12-18-29/h23-30H,7-22H2,1-6H3. The van der Waals surface area contributed by atoms with E-state index in [1.807, 2.05) is 0 Å². The summed E-state index contributed by atoms with van der Waals surface area (Å²) in [6.45, 7) is 15.7. The molecule has 0 bridgehead atoms. The van der Waals surface area contributed by atoms with E-state index in [-0.39, 0.29) is 0 Å². The molecule has 0 spiro atoms. The molecule has 0 N–H and O–H groups in total. The highest BCUT2D eigenvalue weighted by atomic mass is 14.5. The topological polar surface area (TPSA) is 0 Å². The molecule has 0 heteroatoms. The lowest BCUT2D eigenvalue weighted by Gasteiger charge is -2.55. The first kappa shape index (κ1) is 25.1. The van der Waals surface area contributed by atoms with Crippen LogP contribution in [-0.2, 0) is 0 Å². The highest BCUT2D eigenvalue weighted by Gasteiger charge is 2.50. The molecule has 0 aliphatic heterocycles. The van der Waals surface area contributed by atoms with E-state index < -0.39 is 0 Å². The van der Waals surface area contributed by atoms with Crippen LogP contribution in [0.15, 0.2) is 0 Å². The lowest BCUT2D eigenvalue weighted by atomic mass is 9.50. The van der Waals surface area contributed by atoms with Crippen molar-refractivity contribution in [2.24, 2.45) is 58.2 Å². The predicted octanol–water partition coefficient (Wildman–Crippen LogP) is 10.3. The molecular weight excluding hydrogens is 384 g/mol. The minimum Gasteiger partial charge on any atom is -0.0625 e. The van der Waals surface area contributed by atoms with Crippen LogP contribution < -0.4 is 0 Å². The van der Waals surface area contributed by atoms with Crippen LogP contribution in [0.4, 0.5) is 0 Å². The van der Waals surface area contributed by atoms with Crippen molar-refractivity contribution < 1.29 is 0 Å². The van der Waals surface area contributed by atoms with E-state index in [4.69, 9.17) is 0 Å². The van der Waals surface area contributed by atoms with Gasteiger partial charge >= 0.3 is 0 Å². The van der Waals surface area contributed by atoms with Gasteiger partial charge in [-0.3, -0.25) is 0 Å².